The highest BCUT2D eigenvalue weighted by Gasteiger charge is 2.16. The summed E-state index contributed by atoms with van der Waals surface area (Å²) in [6.07, 6.45) is 5.83. The van der Waals surface area contributed by atoms with E-state index in [1.165, 1.54) is 25.7 Å². The number of nitrogens with one attached hydrogen (secondary N) is 2. The minimum atomic E-state index is -1.21. The number of amides is 2. The van der Waals surface area contributed by atoms with E-state index >= 15 is 0 Å². The van der Waals surface area contributed by atoms with E-state index in [1.807, 2.05) is 0 Å². The van der Waals surface area contributed by atoms with Crippen LogP contribution in [0.2, 0.25) is 0 Å². The summed E-state index contributed by atoms with van der Waals surface area (Å²) >= 11 is 0. The molecule has 114 valence electrons. The van der Waals surface area contributed by atoms with Gasteiger partial charge in [0, 0.05) is 6.54 Å². The Morgan fingerprint density at radius 2 is 2.00 bits per heavy atom. The molecule has 0 atom stereocenters. The van der Waals surface area contributed by atoms with Crippen molar-refractivity contribution in [3.8, 4) is 0 Å². The molecule has 0 spiro atoms. The van der Waals surface area contributed by atoms with Crippen LogP contribution in [0, 0.1) is 11.7 Å². The maximum Gasteiger partial charge on any atom is 0.337 e. The number of aromatic carboxylic acids is 1. The van der Waals surface area contributed by atoms with Gasteiger partial charge in [-0.2, -0.15) is 0 Å². The largest absolute Gasteiger partial charge is 0.478 e. The number of carbonyl (C=O) groups is 2. The second-order valence-electron chi connectivity index (χ2n) is 5.32. The third-order valence-electron chi connectivity index (χ3n) is 3.77. The highest BCUT2D eigenvalue weighted by molar-refractivity contribution is 5.99. The monoisotopic (exact) mass is 294 g/mol. The molecule has 1 aliphatic carbocycles. The number of halogens is 1. The average Bonchev–Trinajstić information content (AvgIpc) is 2.91. The third kappa shape index (κ3) is 4.44. The minimum Gasteiger partial charge on any atom is -0.478 e. The van der Waals surface area contributed by atoms with Crippen LogP contribution in [0.25, 0.3) is 0 Å². The zero-order chi connectivity index (χ0) is 15.2. The lowest BCUT2D eigenvalue weighted by Crippen LogP contribution is -2.31. The van der Waals surface area contributed by atoms with Crippen LogP contribution >= 0.6 is 0 Å². The van der Waals surface area contributed by atoms with Crippen molar-refractivity contribution in [1.29, 1.82) is 0 Å². The van der Waals surface area contributed by atoms with E-state index in [2.05, 4.69) is 10.6 Å². The molecule has 1 fully saturated rings. The van der Waals surface area contributed by atoms with Crippen LogP contribution in [0.4, 0.5) is 14.9 Å². The highest BCUT2D eigenvalue weighted by Crippen LogP contribution is 2.26. The van der Waals surface area contributed by atoms with E-state index in [4.69, 9.17) is 5.11 Å². The predicted octanol–water partition coefficient (Wildman–Crippen LogP) is 3.23. The van der Waals surface area contributed by atoms with Crippen LogP contribution in [0.3, 0.4) is 0 Å². The molecule has 0 radical (unpaired) electrons. The fourth-order valence-electron chi connectivity index (χ4n) is 2.66. The number of anilines is 1. The summed E-state index contributed by atoms with van der Waals surface area (Å²) < 4.78 is 13.2. The molecule has 21 heavy (non-hydrogen) atoms. The van der Waals surface area contributed by atoms with Crippen LogP contribution in [0.15, 0.2) is 18.2 Å². The summed E-state index contributed by atoms with van der Waals surface area (Å²) in [4.78, 5) is 22.7. The van der Waals surface area contributed by atoms with Crippen molar-refractivity contribution in [3.63, 3.8) is 0 Å². The molecular formula is C15H19FN2O3. The van der Waals surface area contributed by atoms with Crippen molar-refractivity contribution in [2.45, 2.75) is 32.1 Å². The van der Waals surface area contributed by atoms with Gasteiger partial charge in [0.05, 0.1) is 11.3 Å². The summed E-state index contributed by atoms with van der Waals surface area (Å²) in [5, 5.41) is 14.1. The zero-order valence-electron chi connectivity index (χ0n) is 11.7. The molecule has 1 aromatic carbocycles. The van der Waals surface area contributed by atoms with Crippen LogP contribution in [0.1, 0.15) is 42.5 Å². The van der Waals surface area contributed by atoms with E-state index in [0.717, 1.165) is 24.6 Å². The molecule has 2 rings (SSSR count). The van der Waals surface area contributed by atoms with Crippen LogP contribution in [-0.2, 0) is 0 Å². The number of hydrogen-bond acceptors (Lipinski definition) is 2. The van der Waals surface area contributed by atoms with Gasteiger partial charge in [-0.1, -0.05) is 25.7 Å². The highest BCUT2D eigenvalue weighted by atomic mass is 19.1. The number of carbonyl (C=O) groups excluding carboxylic acids is 1. The minimum absolute atomic E-state index is 0.0409. The average molecular weight is 294 g/mol. The van der Waals surface area contributed by atoms with Crippen molar-refractivity contribution in [2.75, 3.05) is 11.9 Å². The first-order chi connectivity index (χ1) is 10.1. The first-order valence-corrected chi connectivity index (χ1v) is 7.14. The van der Waals surface area contributed by atoms with Crippen LogP contribution in [-0.4, -0.2) is 23.7 Å². The normalized spacial score (nSPS) is 14.9. The van der Waals surface area contributed by atoms with Gasteiger partial charge in [-0.05, 0) is 30.5 Å². The number of benzene rings is 1. The molecule has 3 N–H and O–H groups in total. The van der Waals surface area contributed by atoms with Crippen LogP contribution < -0.4 is 10.6 Å². The van der Waals surface area contributed by atoms with Crippen LogP contribution in [0.5, 0.6) is 0 Å². The Bertz CT molecular complexity index is 528. The van der Waals surface area contributed by atoms with Gasteiger partial charge in [0.15, 0.2) is 0 Å². The molecule has 1 saturated carbocycles. The third-order valence-corrected chi connectivity index (χ3v) is 3.77. The smallest absolute Gasteiger partial charge is 0.337 e. The molecule has 0 bridgehead atoms. The SMILES string of the molecule is O=C(NCCC1CCCC1)Nc1cc(F)ccc1C(=O)O. The van der Waals surface area contributed by atoms with E-state index < -0.39 is 17.8 Å². The summed E-state index contributed by atoms with van der Waals surface area (Å²) in [7, 11) is 0. The van der Waals surface area contributed by atoms with Crippen molar-refractivity contribution in [2.24, 2.45) is 5.92 Å². The van der Waals surface area contributed by atoms with Crippen molar-refractivity contribution in [1.82, 2.24) is 5.32 Å². The number of carboxylic acids is 1. The first-order valence-electron chi connectivity index (χ1n) is 7.14. The fraction of sp³-hybridized carbons (Fsp3) is 0.467. The molecule has 0 aliphatic heterocycles. The summed E-state index contributed by atoms with van der Waals surface area (Å²) in [5.74, 6) is -1.15. The molecule has 0 aromatic heterocycles. The lowest BCUT2D eigenvalue weighted by atomic mass is 10.0. The Morgan fingerprint density at radius 1 is 1.29 bits per heavy atom. The van der Waals surface area contributed by atoms with Gasteiger partial charge in [0.1, 0.15) is 5.82 Å². The van der Waals surface area contributed by atoms with Crippen molar-refractivity contribution in [3.05, 3.63) is 29.6 Å². The van der Waals surface area contributed by atoms with E-state index in [-0.39, 0.29) is 11.3 Å². The van der Waals surface area contributed by atoms with Gasteiger partial charge in [-0.15, -0.1) is 0 Å². The molecule has 5 nitrogen and oxygen atoms in total. The lowest BCUT2D eigenvalue weighted by molar-refractivity contribution is 0.0698. The molecule has 0 saturated heterocycles. The molecular weight excluding hydrogens is 275 g/mol. The van der Waals surface area contributed by atoms with Gasteiger partial charge in [0.2, 0.25) is 0 Å². The number of rotatable bonds is 5. The topological polar surface area (TPSA) is 78.4 Å². The fourth-order valence-corrected chi connectivity index (χ4v) is 2.66. The summed E-state index contributed by atoms with van der Waals surface area (Å²) in [6, 6.07) is 2.67. The Labute approximate surface area is 122 Å². The van der Waals surface area contributed by atoms with Gasteiger partial charge < -0.3 is 15.7 Å². The number of urea groups is 1. The molecule has 2 amide bonds. The Morgan fingerprint density at radius 3 is 2.67 bits per heavy atom. The molecule has 0 unspecified atom stereocenters. The maximum absolute atomic E-state index is 13.2. The van der Waals surface area contributed by atoms with E-state index in [0.29, 0.717) is 12.5 Å². The van der Waals surface area contributed by atoms with E-state index in [9.17, 15) is 14.0 Å². The zero-order valence-corrected chi connectivity index (χ0v) is 11.7. The van der Waals surface area contributed by atoms with Gasteiger partial charge in [-0.3, -0.25) is 0 Å². The van der Waals surface area contributed by atoms with Crippen molar-refractivity contribution < 1.29 is 19.1 Å². The molecule has 1 aliphatic rings. The maximum atomic E-state index is 13.2. The Balaban J connectivity index is 1.86. The second kappa shape index (κ2) is 7.06. The van der Waals surface area contributed by atoms with Gasteiger partial charge in [0.25, 0.3) is 0 Å². The molecule has 6 heteroatoms. The number of hydrogen-bond donors (Lipinski definition) is 3. The molecule has 0 heterocycles. The lowest BCUT2D eigenvalue weighted by Gasteiger charge is -2.12. The summed E-state index contributed by atoms with van der Waals surface area (Å²) in [6.45, 7) is 0.536. The summed E-state index contributed by atoms with van der Waals surface area (Å²) in [5.41, 5.74) is -0.178. The predicted molar refractivity (Wildman–Crippen MR) is 77.0 cm³/mol. The van der Waals surface area contributed by atoms with Gasteiger partial charge in [-0.25, -0.2) is 14.0 Å². The standard InChI is InChI=1S/C15H19FN2O3/c16-11-5-6-12(14(19)20)13(9-11)18-15(21)17-8-7-10-3-1-2-4-10/h5-6,9-10H,1-4,7-8H2,(H,19,20)(H2,17,18,21). The van der Waals surface area contributed by atoms with Gasteiger partial charge >= 0.3 is 12.0 Å². The van der Waals surface area contributed by atoms with Crippen molar-refractivity contribution >= 4 is 17.7 Å². The number of carboxylic acid groups (broad SMARTS) is 1. The first kappa shape index (κ1) is 15.3. The quantitative estimate of drug-likeness (QED) is 0.780. The van der Waals surface area contributed by atoms with E-state index in [1.54, 1.807) is 0 Å². The Kier molecular flexibility index (Phi) is 5.14. The second-order valence-corrected chi connectivity index (χ2v) is 5.32. The molecule has 1 aromatic rings. The Hall–Kier alpha value is -2.11.